The Balaban J connectivity index is 1.92. The van der Waals surface area contributed by atoms with E-state index in [1.807, 2.05) is 0 Å². The fraction of sp³-hybridized carbons (Fsp3) is 0.526. The highest BCUT2D eigenvalue weighted by Gasteiger charge is 2.39. The smallest absolute Gasteiger partial charge is 0.128 e. The van der Waals surface area contributed by atoms with E-state index in [0.29, 0.717) is 11.2 Å². The molecular formula is C19H24BrN3S. The molecule has 0 amide bonds. The van der Waals surface area contributed by atoms with Gasteiger partial charge < -0.3 is 5.32 Å². The minimum absolute atomic E-state index is 0.166. The van der Waals surface area contributed by atoms with Crippen LogP contribution in [0.4, 0.5) is 5.82 Å². The Hall–Kier alpha value is -0.940. The standard InChI is InChI=1S/C19H24BrN3S/c1-11-5-8-13(20)9-14(11)17-15-16(12-6-7-12)22-23(4)18(15)21-10-19(2,3)24-17/h5,8-9,12,17,21H,6-7,10H2,1-4H3. The first-order chi connectivity index (χ1) is 11.4. The molecule has 0 radical (unpaired) electrons. The lowest BCUT2D eigenvalue weighted by Gasteiger charge is -2.27. The third-order valence-electron chi connectivity index (χ3n) is 4.98. The monoisotopic (exact) mass is 405 g/mol. The number of aryl methyl sites for hydroxylation is 2. The van der Waals surface area contributed by atoms with Crippen LogP contribution in [0, 0.1) is 6.92 Å². The first kappa shape index (κ1) is 16.5. The molecule has 1 aromatic heterocycles. The van der Waals surface area contributed by atoms with Gasteiger partial charge in [0.25, 0.3) is 0 Å². The second-order valence-corrected chi connectivity index (χ2v) is 10.4. The second kappa shape index (κ2) is 5.80. The summed E-state index contributed by atoms with van der Waals surface area (Å²) in [5, 5.41) is 8.91. The number of hydrogen-bond donors (Lipinski definition) is 1. The summed E-state index contributed by atoms with van der Waals surface area (Å²) in [5.41, 5.74) is 5.48. The Morgan fingerprint density at radius 2 is 2.08 bits per heavy atom. The van der Waals surface area contributed by atoms with Crippen LogP contribution >= 0.6 is 27.7 Å². The number of nitrogens with zero attached hydrogens (tertiary/aromatic N) is 2. The predicted octanol–water partition coefficient (Wildman–Crippen LogP) is 5.40. The van der Waals surface area contributed by atoms with Crippen molar-refractivity contribution in [3.8, 4) is 0 Å². The molecule has 1 atom stereocenters. The van der Waals surface area contributed by atoms with E-state index >= 15 is 0 Å². The SMILES string of the molecule is Cc1ccc(Br)cc1C1SC(C)(C)CNc2c1c(C1CC1)nn2C. The molecule has 1 N–H and O–H groups in total. The van der Waals surface area contributed by atoms with E-state index in [-0.39, 0.29) is 4.75 Å². The van der Waals surface area contributed by atoms with Crippen LogP contribution in [0.1, 0.15) is 60.2 Å². The fourth-order valence-electron chi connectivity index (χ4n) is 3.52. The summed E-state index contributed by atoms with van der Waals surface area (Å²) >= 11 is 5.73. The number of hydrogen-bond acceptors (Lipinski definition) is 3. The van der Waals surface area contributed by atoms with Crippen molar-refractivity contribution in [2.45, 2.75) is 49.5 Å². The van der Waals surface area contributed by atoms with Gasteiger partial charge in [0.2, 0.25) is 0 Å². The van der Waals surface area contributed by atoms with E-state index < -0.39 is 0 Å². The van der Waals surface area contributed by atoms with E-state index in [0.717, 1.165) is 11.0 Å². The van der Waals surface area contributed by atoms with E-state index in [1.165, 1.54) is 41.0 Å². The maximum atomic E-state index is 4.90. The van der Waals surface area contributed by atoms with Crippen molar-refractivity contribution < 1.29 is 0 Å². The molecule has 4 rings (SSSR count). The Kier molecular flexibility index (Phi) is 4.00. The molecule has 0 saturated heterocycles. The molecule has 3 nitrogen and oxygen atoms in total. The molecule has 1 saturated carbocycles. The van der Waals surface area contributed by atoms with Crippen LogP contribution in [0.15, 0.2) is 22.7 Å². The molecule has 1 aliphatic heterocycles. The highest BCUT2D eigenvalue weighted by atomic mass is 79.9. The summed E-state index contributed by atoms with van der Waals surface area (Å²) in [6.45, 7) is 7.85. The molecule has 2 heterocycles. The molecule has 0 spiro atoms. The lowest BCUT2D eigenvalue weighted by Crippen LogP contribution is -2.26. The zero-order chi connectivity index (χ0) is 17.1. The van der Waals surface area contributed by atoms with Crippen LogP contribution in [-0.2, 0) is 7.05 Å². The number of nitrogens with one attached hydrogen (secondary N) is 1. The van der Waals surface area contributed by atoms with Crippen LogP contribution in [0.2, 0.25) is 0 Å². The van der Waals surface area contributed by atoms with E-state index in [4.69, 9.17) is 5.10 Å². The number of halogens is 1. The van der Waals surface area contributed by atoms with Crippen molar-refractivity contribution in [1.82, 2.24) is 9.78 Å². The quantitative estimate of drug-likeness (QED) is 0.725. The van der Waals surface area contributed by atoms with Crippen molar-refractivity contribution in [3.63, 3.8) is 0 Å². The van der Waals surface area contributed by atoms with Gasteiger partial charge in [-0.3, -0.25) is 4.68 Å². The van der Waals surface area contributed by atoms with Crippen molar-refractivity contribution >= 4 is 33.5 Å². The maximum Gasteiger partial charge on any atom is 0.128 e. The molecule has 5 heteroatoms. The third-order valence-corrected chi connectivity index (χ3v) is 6.98. The molecule has 24 heavy (non-hydrogen) atoms. The van der Waals surface area contributed by atoms with Crippen molar-refractivity contribution in [3.05, 3.63) is 45.1 Å². The summed E-state index contributed by atoms with van der Waals surface area (Å²) < 4.78 is 3.38. The van der Waals surface area contributed by atoms with Crippen LogP contribution in [-0.4, -0.2) is 21.1 Å². The summed E-state index contributed by atoms with van der Waals surface area (Å²) in [4.78, 5) is 0. The Bertz CT molecular complexity index is 792. The molecule has 1 fully saturated rings. The van der Waals surface area contributed by atoms with Crippen LogP contribution < -0.4 is 5.32 Å². The highest BCUT2D eigenvalue weighted by molar-refractivity contribution is 9.10. The number of fused-ring (bicyclic) bond motifs is 1. The summed E-state index contributed by atoms with van der Waals surface area (Å²) in [5.74, 6) is 1.86. The first-order valence-corrected chi connectivity index (χ1v) is 10.3. The minimum atomic E-state index is 0.166. The summed E-state index contributed by atoms with van der Waals surface area (Å²) in [6, 6.07) is 6.65. The zero-order valence-electron chi connectivity index (χ0n) is 14.7. The van der Waals surface area contributed by atoms with Crippen molar-refractivity contribution in [1.29, 1.82) is 0 Å². The lowest BCUT2D eigenvalue weighted by atomic mass is 9.98. The van der Waals surface area contributed by atoms with E-state index in [1.54, 1.807) is 0 Å². The maximum absolute atomic E-state index is 4.90. The average molecular weight is 406 g/mol. The molecule has 128 valence electrons. The van der Waals surface area contributed by atoms with Gasteiger partial charge in [-0.2, -0.15) is 5.10 Å². The van der Waals surface area contributed by atoms with E-state index in [9.17, 15) is 0 Å². The largest absolute Gasteiger partial charge is 0.369 e. The predicted molar refractivity (Wildman–Crippen MR) is 106 cm³/mol. The van der Waals surface area contributed by atoms with Crippen LogP contribution in [0.3, 0.4) is 0 Å². The lowest BCUT2D eigenvalue weighted by molar-refractivity contribution is 0.715. The van der Waals surface area contributed by atoms with Gasteiger partial charge in [0.05, 0.1) is 10.9 Å². The molecule has 0 bridgehead atoms. The first-order valence-electron chi connectivity index (χ1n) is 8.60. The van der Waals surface area contributed by atoms with Gasteiger partial charge in [0.15, 0.2) is 0 Å². The van der Waals surface area contributed by atoms with E-state index in [2.05, 4.69) is 83.7 Å². The van der Waals surface area contributed by atoms with Gasteiger partial charge in [-0.1, -0.05) is 22.0 Å². The normalized spacial score (nSPS) is 22.6. The Morgan fingerprint density at radius 3 is 2.79 bits per heavy atom. The van der Waals surface area contributed by atoms with Gasteiger partial charge in [-0.15, -0.1) is 11.8 Å². The number of anilines is 1. The van der Waals surface area contributed by atoms with Crippen LogP contribution in [0.25, 0.3) is 0 Å². The average Bonchev–Trinajstić information content (AvgIpc) is 3.31. The number of benzene rings is 1. The van der Waals surface area contributed by atoms with Crippen LogP contribution in [0.5, 0.6) is 0 Å². The fourth-order valence-corrected chi connectivity index (χ4v) is 5.42. The second-order valence-electron chi connectivity index (χ2n) is 7.66. The van der Waals surface area contributed by atoms with Gasteiger partial charge in [0, 0.05) is 34.3 Å². The van der Waals surface area contributed by atoms with Gasteiger partial charge in [0.1, 0.15) is 5.82 Å². The van der Waals surface area contributed by atoms with Gasteiger partial charge >= 0.3 is 0 Å². The zero-order valence-corrected chi connectivity index (χ0v) is 17.1. The summed E-state index contributed by atoms with van der Waals surface area (Å²) in [7, 11) is 2.07. The third kappa shape index (κ3) is 2.90. The van der Waals surface area contributed by atoms with Crippen molar-refractivity contribution in [2.75, 3.05) is 11.9 Å². The molecule has 2 aliphatic rings. The number of thioether (sulfide) groups is 1. The topological polar surface area (TPSA) is 29.9 Å². The molecule has 2 aromatic rings. The minimum Gasteiger partial charge on any atom is -0.369 e. The molecule has 1 aromatic carbocycles. The van der Waals surface area contributed by atoms with Gasteiger partial charge in [-0.25, -0.2) is 0 Å². The molecule has 1 aliphatic carbocycles. The Labute approximate surface area is 156 Å². The molecule has 1 unspecified atom stereocenters. The van der Waals surface area contributed by atoms with Gasteiger partial charge in [-0.05, 0) is 56.9 Å². The Morgan fingerprint density at radius 1 is 1.33 bits per heavy atom. The number of aromatic nitrogens is 2. The van der Waals surface area contributed by atoms with Crippen molar-refractivity contribution in [2.24, 2.45) is 7.05 Å². The highest BCUT2D eigenvalue weighted by Crippen LogP contribution is 2.53. The number of rotatable bonds is 2. The molecular weight excluding hydrogens is 382 g/mol. The summed E-state index contributed by atoms with van der Waals surface area (Å²) in [6.07, 6.45) is 2.56.